The summed E-state index contributed by atoms with van der Waals surface area (Å²) in [6.45, 7) is 5.36. The van der Waals surface area contributed by atoms with Crippen LogP contribution in [-0.4, -0.2) is 52.6 Å². The molecule has 0 saturated carbocycles. The highest BCUT2D eigenvalue weighted by atomic mass is 16.5. The molecule has 1 fully saturated rings. The third-order valence-corrected chi connectivity index (χ3v) is 5.35. The van der Waals surface area contributed by atoms with Crippen molar-refractivity contribution in [2.75, 3.05) is 52.5 Å². The van der Waals surface area contributed by atoms with Crippen LogP contribution in [0.5, 0.6) is 17.2 Å². The number of pyridine rings is 1. The molecule has 0 unspecified atom stereocenters. The zero-order chi connectivity index (χ0) is 20.4. The van der Waals surface area contributed by atoms with E-state index >= 15 is 0 Å². The molecule has 0 atom stereocenters. The molecule has 4 rings (SSSR count). The summed E-state index contributed by atoms with van der Waals surface area (Å²) in [5.41, 5.74) is 4.98. The maximum absolute atomic E-state index is 5.72. The maximum Gasteiger partial charge on any atom is 0.161 e. The van der Waals surface area contributed by atoms with E-state index in [9.17, 15) is 0 Å². The van der Waals surface area contributed by atoms with Crippen molar-refractivity contribution in [3.05, 3.63) is 42.0 Å². The van der Waals surface area contributed by atoms with Crippen molar-refractivity contribution in [1.29, 1.82) is 0 Å². The van der Waals surface area contributed by atoms with Gasteiger partial charge in [0.15, 0.2) is 11.5 Å². The summed E-state index contributed by atoms with van der Waals surface area (Å²) in [4.78, 5) is 7.26. The average Bonchev–Trinajstić information content (AvgIpc) is 2.78. The number of benzene rings is 2. The van der Waals surface area contributed by atoms with E-state index in [0.29, 0.717) is 11.5 Å². The third kappa shape index (κ3) is 3.68. The lowest BCUT2D eigenvalue weighted by atomic mass is 10.0. The van der Waals surface area contributed by atoms with Gasteiger partial charge < -0.3 is 23.8 Å². The van der Waals surface area contributed by atoms with E-state index in [0.717, 1.165) is 65.5 Å². The molecule has 3 aromatic rings. The van der Waals surface area contributed by atoms with Gasteiger partial charge in [-0.2, -0.15) is 0 Å². The standard InChI is InChI=1S/C23H26N2O4/c1-15-11-19(16-5-6-20(26-2)21(12-16)27-3)24-23-18(15)13-17(14-22(23)28-4)25-7-9-29-10-8-25/h5-6,11-14H,7-10H2,1-4H3. The molecule has 1 aliphatic heterocycles. The van der Waals surface area contributed by atoms with Crippen LogP contribution < -0.4 is 19.1 Å². The van der Waals surface area contributed by atoms with Crippen molar-refractivity contribution in [2.45, 2.75) is 6.92 Å². The van der Waals surface area contributed by atoms with Gasteiger partial charge in [0.2, 0.25) is 0 Å². The van der Waals surface area contributed by atoms with Crippen molar-refractivity contribution in [3.63, 3.8) is 0 Å². The molecule has 0 bridgehead atoms. The van der Waals surface area contributed by atoms with Crippen molar-refractivity contribution >= 4 is 16.6 Å². The highest BCUT2D eigenvalue weighted by molar-refractivity contribution is 5.93. The molecule has 6 nitrogen and oxygen atoms in total. The predicted molar refractivity (Wildman–Crippen MR) is 115 cm³/mol. The van der Waals surface area contributed by atoms with Gasteiger partial charge in [0, 0.05) is 35.8 Å². The van der Waals surface area contributed by atoms with Crippen LogP contribution in [0.3, 0.4) is 0 Å². The number of hydrogen-bond donors (Lipinski definition) is 0. The SMILES string of the molecule is COc1ccc(-c2cc(C)c3cc(N4CCOCC4)cc(OC)c3n2)cc1OC. The fourth-order valence-electron chi connectivity index (χ4n) is 3.75. The summed E-state index contributed by atoms with van der Waals surface area (Å²) in [7, 11) is 4.96. The first-order chi connectivity index (χ1) is 14.1. The molecule has 152 valence electrons. The number of anilines is 1. The minimum Gasteiger partial charge on any atom is -0.494 e. The number of methoxy groups -OCH3 is 3. The van der Waals surface area contributed by atoms with E-state index in [-0.39, 0.29) is 0 Å². The van der Waals surface area contributed by atoms with Gasteiger partial charge in [0.25, 0.3) is 0 Å². The van der Waals surface area contributed by atoms with Gasteiger partial charge in [-0.05, 0) is 42.8 Å². The van der Waals surface area contributed by atoms with Gasteiger partial charge in [0.1, 0.15) is 11.3 Å². The van der Waals surface area contributed by atoms with Crippen molar-refractivity contribution in [3.8, 4) is 28.5 Å². The molecule has 1 aliphatic rings. The molecule has 1 aromatic heterocycles. The van der Waals surface area contributed by atoms with Crippen molar-refractivity contribution < 1.29 is 18.9 Å². The number of aromatic nitrogens is 1. The van der Waals surface area contributed by atoms with Crippen LogP contribution in [0.2, 0.25) is 0 Å². The molecule has 6 heteroatoms. The van der Waals surface area contributed by atoms with E-state index in [4.69, 9.17) is 23.9 Å². The maximum atomic E-state index is 5.72. The summed E-state index contributed by atoms with van der Waals surface area (Å²) in [5, 5.41) is 1.09. The number of nitrogens with zero attached hydrogens (tertiary/aromatic N) is 2. The first-order valence-electron chi connectivity index (χ1n) is 9.69. The van der Waals surface area contributed by atoms with Gasteiger partial charge in [0.05, 0.1) is 40.2 Å². The van der Waals surface area contributed by atoms with Crippen LogP contribution in [0.1, 0.15) is 5.56 Å². The smallest absolute Gasteiger partial charge is 0.161 e. The van der Waals surface area contributed by atoms with E-state index in [1.807, 2.05) is 18.2 Å². The Morgan fingerprint density at radius 2 is 1.59 bits per heavy atom. The second-order valence-electron chi connectivity index (χ2n) is 7.04. The number of morpholine rings is 1. The first kappa shape index (κ1) is 19.3. The van der Waals surface area contributed by atoms with E-state index in [2.05, 4.69) is 30.0 Å². The highest BCUT2D eigenvalue weighted by Gasteiger charge is 2.17. The van der Waals surface area contributed by atoms with Crippen LogP contribution in [-0.2, 0) is 4.74 Å². The normalized spacial score (nSPS) is 14.1. The topological polar surface area (TPSA) is 53.1 Å². The molecule has 0 spiro atoms. The highest BCUT2D eigenvalue weighted by Crippen LogP contribution is 2.37. The molecule has 0 amide bonds. The molecule has 2 aromatic carbocycles. The molecular weight excluding hydrogens is 368 g/mol. The zero-order valence-corrected chi connectivity index (χ0v) is 17.3. The quantitative estimate of drug-likeness (QED) is 0.650. The molecule has 0 N–H and O–H groups in total. The Balaban J connectivity index is 1.82. The summed E-state index contributed by atoms with van der Waals surface area (Å²) in [6.07, 6.45) is 0. The Morgan fingerprint density at radius 3 is 2.28 bits per heavy atom. The average molecular weight is 394 g/mol. The van der Waals surface area contributed by atoms with Gasteiger partial charge >= 0.3 is 0 Å². The Kier molecular flexibility index (Phi) is 5.45. The minimum absolute atomic E-state index is 0.680. The lowest BCUT2D eigenvalue weighted by Crippen LogP contribution is -2.36. The fraction of sp³-hybridized carbons (Fsp3) is 0.348. The van der Waals surface area contributed by atoms with Gasteiger partial charge in [-0.25, -0.2) is 4.98 Å². The van der Waals surface area contributed by atoms with Gasteiger partial charge in [-0.1, -0.05) is 0 Å². The van der Waals surface area contributed by atoms with E-state index < -0.39 is 0 Å². The van der Waals surface area contributed by atoms with Gasteiger partial charge in [-0.15, -0.1) is 0 Å². The first-order valence-corrected chi connectivity index (χ1v) is 9.69. The number of hydrogen-bond acceptors (Lipinski definition) is 6. The largest absolute Gasteiger partial charge is 0.494 e. The van der Waals surface area contributed by atoms with E-state index in [1.54, 1.807) is 21.3 Å². The second kappa shape index (κ2) is 8.17. The summed E-state index contributed by atoms with van der Waals surface area (Å²) in [6, 6.07) is 12.2. The molecule has 0 radical (unpaired) electrons. The Bertz CT molecular complexity index is 1030. The fourth-order valence-corrected chi connectivity index (χ4v) is 3.75. The number of fused-ring (bicyclic) bond motifs is 1. The van der Waals surface area contributed by atoms with Gasteiger partial charge in [-0.3, -0.25) is 0 Å². The molecular formula is C23H26N2O4. The van der Waals surface area contributed by atoms with Crippen LogP contribution in [0.15, 0.2) is 36.4 Å². The zero-order valence-electron chi connectivity index (χ0n) is 17.3. The Hall–Kier alpha value is -2.99. The van der Waals surface area contributed by atoms with E-state index in [1.165, 1.54) is 0 Å². The Labute approximate surface area is 171 Å². The van der Waals surface area contributed by atoms with Crippen molar-refractivity contribution in [2.24, 2.45) is 0 Å². The monoisotopic (exact) mass is 394 g/mol. The molecule has 29 heavy (non-hydrogen) atoms. The lowest BCUT2D eigenvalue weighted by Gasteiger charge is -2.29. The number of rotatable bonds is 5. The molecule has 2 heterocycles. The number of aryl methyl sites for hydroxylation is 1. The lowest BCUT2D eigenvalue weighted by molar-refractivity contribution is 0.122. The van der Waals surface area contributed by atoms with Crippen LogP contribution in [0.25, 0.3) is 22.2 Å². The van der Waals surface area contributed by atoms with Crippen LogP contribution in [0, 0.1) is 6.92 Å². The summed E-state index contributed by atoms with van der Waals surface area (Å²) >= 11 is 0. The second-order valence-corrected chi connectivity index (χ2v) is 7.04. The van der Waals surface area contributed by atoms with Crippen LogP contribution in [0.4, 0.5) is 5.69 Å². The minimum atomic E-state index is 0.680. The van der Waals surface area contributed by atoms with Crippen LogP contribution >= 0.6 is 0 Å². The number of ether oxygens (including phenoxy) is 4. The predicted octanol–water partition coefficient (Wildman–Crippen LogP) is 4.07. The molecule has 1 saturated heterocycles. The third-order valence-electron chi connectivity index (χ3n) is 5.35. The summed E-state index contributed by atoms with van der Waals surface area (Å²) < 4.78 is 22.0. The van der Waals surface area contributed by atoms with Crippen molar-refractivity contribution in [1.82, 2.24) is 4.98 Å². The molecule has 0 aliphatic carbocycles. The Morgan fingerprint density at radius 1 is 0.862 bits per heavy atom. The summed E-state index contributed by atoms with van der Waals surface area (Å²) in [5.74, 6) is 2.15.